The first kappa shape index (κ1) is 66.5. The Bertz CT molecular complexity index is 3710. The van der Waals surface area contributed by atoms with Gasteiger partial charge in [0.25, 0.3) is 0 Å². The molecule has 4 aromatic heterocycles. The van der Waals surface area contributed by atoms with Gasteiger partial charge in [-0.1, -0.05) is 98.8 Å². The van der Waals surface area contributed by atoms with E-state index >= 15 is 4.39 Å². The number of hydrogen-bond donors (Lipinski definition) is 3. The highest BCUT2D eigenvalue weighted by molar-refractivity contribution is 6.01. The van der Waals surface area contributed by atoms with Gasteiger partial charge in [0.05, 0.1) is 35.0 Å². The largest absolute Gasteiger partial charge is 0.478 e. The van der Waals surface area contributed by atoms with Crippen LogP contribution in [0.15, 0.2) is 158 Å². The van der Waals surface area contributed by atoms with Gasteiger partial charge in [-0.3, -0.25) is 14.7 Å². The van der Waals surface area contributed by atoms with Crippen LogP contribution in [0.2, 0.25) is 0 Å². The number of nitrogens with zero attached hydrogens (tertiary/aromatic N) is 6. The number of rotatable bonds is 23. The van der Waals surface area contributed by atoms with Crippen molar-refractivity contribution < 1.29 is 42.1 Å². The van der Waals surface area contributed by atoms with Gasteiger partial charge >= 0.3 is 6.09 Å². The van der Waals surface area contributed by atoms with Gasteiger partial charge in [-0.05, 0) is 159 Å². The molecule has 1 saturated heterocycles. The summed E-state index contributed by atoms with van der Waals surface area (Å²) in [5, 5.41) is 16.7. The summed E-state index contributed by atoms with van der Waals surface area (Å²) in [5.74, 6) is -0.401. The predicted molar refractivity (Wildman–Crippen MR) is 345 cm³/mol. The number of unbranched alkanes of at least 4 members (excludes halogenated alkanes) is 2. The number of amides is 3. The number of pyridine rings is 2. The molecule has 1 atom stereocenters. The van der Waals surface area contributed by atoms with E-state index in [0.717, 1.165) is 107 Å². The summed E-state index contributed by atoms with van der Waals surface area (Å²) >= 11 is 0. The van der Waals surface area contributed by atoms with E-state index in [1.165, 1.54) is 18.0 Å². The van der Waals surface area contributed by atoms with Crippen LogP contribution < -0.4 is 20.1 Å². The van der Waals surface area contributed by atoms with Crippen LogP contribution in [-0.4, -0.2) is 105 Å². The maximum Gasteiger partial charge on any atom is 0.410 e. The number of carbonyl (C=O) groups excluding carboxylic acids is 3. The lowest BCUT2D eigenvalue weighted by molar-refractivity contribution is -0.116. The number of fused-ring (bicyclic) bond motifs is 2. The Labute approximate surface area is 519 Å². The van der Waals surface area contributed by atoms with Crippen molar-refractivity contribution in [2.45, 2.75) is 97.8 Å². The topological polar surface area (TPSA) is 188 Å². The van der Waals surface area contributed by atoms with E-state index in [4.69, 9.17) is 18.9 Å². The highest BCUT2D eigenvalue weighted by Crippen LogP contribution is 2.39. The first-order valence-corrected chi connectivity index (χ1v) is 29.6. The summed E-state index contributed by atoms with van der Waals surface area (Å²) in [5.41, 5.74) is 10.4. The van der Waals surface area contributed by atoms with Crippen molar-refractivity contribution in [1.82, 2.24) is 45.5 Å². The van der Waals surface area contributed by atoms with E-state index in [2.05, 4.69) is 74.0 Å². The third-order valence-corrected chi connectivity index (χ3v) is 14.4. The average Bonchev–Trinajstić information content (AvgIpc) is 2.12. The molecule has 1 aliphatic heterocycles. The van der Waals surface area contributed by atoms with E-state index in [-0.39, 0.29) is 50.1 Å². The second-order valence-corrected chi connectivity index (χ2v) is 21.6. The van der Waals surface area contributed by atoms with Crippen LogP contribution in [0.5, 0.6) is 11.8 Å². The van der Waals surface area contributed by atoms with Crippen molar-refractivity contribution in [3.63, 3.8) is 0 Å². The summed E-state index contributed by atoms with van der Waals surface area (Å²) < 4.78 is 54.7. The van der Waals surface area contributed by atoms with Gasteiger partial charge in [0.1, 0.15) is 12.2 Å². The van der Waals surface area contributed by atoms with Gasteiger partial charge in [-0.25, -0.2) is 19.4 Å². The zero-order valence-corrected chi connectivity index (χ0v) is 51.8. The Morgan fingerprint density at radius 3 is 1.82 bits per heavy atom. The quantitative estimate of drug-likeness (QED) is 0.0314. The molecule has 4 aromatic carbocycles. The molecule has 8 aromatic rings. The number of hydrogen-bond acceptors (Lipinski definition) is 11. The number of nitrogens with one attached hydrogen (secondary N) is 3. The predicted octanol–water partition coefficient (Wildman–Crippen LogP) is 14.3. The molecule has 0 saturated carbocycles. The maximum atomic E-state index is 15.4. The molecule has 3 N–H and O–H groups in total. The average molecular weight is 1220 g/mol. The van der Waals surface area contributed by atoms with Crippen molar-refractivity contribution >= 4 is 74.4 Å². The van der Waals surface area contributed by atoms with Crippen LogP contribution >= 0.6 is 12.4 Å². The number of H-pyrrole nitrogens is 1. The Balaban J connectivity index is 0.000000259. The highest BCUT2D eigenvalue weighted by atomic mass is 35.5. The monoisotopic (exact) mass is 1220 g/mol. The zero-order valence-electron chi connectivity index (χ0n) is 51.0. The fourth-order valence-corrected chi connectivity index (χ4v) is 10.1. The number of aromatic nitrogens is 6. The van der Waals surface area contributed by atoms with Crippen molar-refractivity contribution in [1.29, 1.82) is 0 Å². The maximum absolute atomic E-state index is 15.4. The molecule has 0 spiro atoms. The SMILES string of the molecule is CC/C(=C(/c1ccc(OCCCC/C=C/C(=O)NC)nc1)c1ccc2n[nH]c(F)c2c1)c1ccccc1.CC/C(=C(/c1ccc(OCCN(C/C=C/C(=O)NC)C(=O)OC(C)(C)C)nc1)c1ccc2c(c1)c(F)nn2C1CCCCO1)c1ccccc1.Cl. The van der Waals surface area contributed by atoms with Gasteiger partial charge in [0.2, 0.25) is 35.5 Å². The van der Waals surface area contributed by atoms with E-state index in [0.29, 0.717) is 46.8 Å². The minimum Gasteiger partial charge on any atom is -0.478 e. The molecular weight excluding hydrogens is 1140 g/mol. The lowest BCUT2D eigenvalue weighted by atomic mass is 9.88. The fourth-order valence-electron chi connectivity index (χ4n) is 10.1. The number of ether oxygens (including phenoxy) is 4. The van der Waals surface area contributed by atoms with E-state index in [1.54, 1.807) is 56.9 Å². The molecule has 0 bridgehead atoms. The van der Waals surface area contributed by atoms with Crippen molar-refractivity contribution in [2.24, 2.45) is 0 Å². The minimum atomic E-state index is -0.680. The van der Waals surface area contributed by atoms with Gasteiger partial charge < -0.3 is 34.5 Å². The number of benzene rings is 4. The second kappa shape index (κ2) is 32.7. The van der Waals surface area contributed by atoms with E-state index in [1.807, 2.05) is 103 Å². The first-order chi connectivity index (χ1) is 42.2. The third-order valence-electron chi connectivity index (χ3n) is 14.4. The van der Waals surface area contributed by atoms with Gasteiger partial charge in [-0.15, -0.1) is 17.5 Å². The molecule has 0 aliphatic carbocycles. The van der Waals surface area contributed by atoms with Crippen molar-refractivity contribution in [2.75, 3.05) is 47.0 Å². The molecule has 3 amide bonds. The second-order valence-electron chi connectivity index (χ2n) is 21.6. The summed E-state index contributed by atoms with van der Waals surface area (Å²) in [6, 6.07) is 39.4. The molecule has 9 rings (SSSR count). The Morgan fingerprint density at radius 2 is 1.27 bits per heavy atom. The number of halogens is 3. The molecule has 5 heterocycles. The molecule has 462 valence electrons. The molecular formula is C69H78ClF2N9O7. The Hall–Kier alpha value is -9.00. The summed E-state index contributed by atoms with van der Waals surface area (Å²) in [7, 11) is 3.15. The van der Waals surface area contributed by atoms with Crippen molar-refractivity contribution in [3.05, 3.63) is 203 Å². The Morgan fingerprint density at radius 1 is 0.705 bits per heavy atom. The molecule has 0 radical (unpaired) electrons. The normalized spacial score (nSPS) is 13.9. The van der Waals surface area contributed by atoms with Crippen LogP contribution in [-0.2, 0) is 19.1 Å². The number of allylic oxidation sites excluding steroid dienone is 3. The summed E-state index contributed by atoms with van der Waals surface area (Å²) in [6.45, 7) is 11.3. The minimum absolute atomic E-state index is 0. The van der Waals surface area contributed by atoms with Crippen molar-refractivity contribution in [3.8, 4) is 11.8 Å². The van der Waals surface area contributed by atoms with Crippen LogP contribution in [0.4, 0.5) is 13.6 Å². The van der Waals surface area contributed by atoms with Gasteiger partial charge in [-0.2, -0.15) is 13.9 Å². The smallest absolute Gasteiger partial charge is 0.410 e. The molecule has 1 unspecified atom stereocenters. The lowest BCUT2D eigenvalue weighted by Gasteiger charge is -2.26. The summed E-state index contributed by atoms with van der Waals surface area (Å²) in [6.07, 6.45) is 16.1. The number of carbonyl (C=O) groups is 3. The summed E-state index contributed by atoms with van der Waals surface area (Å²) in [4.78, 5) is 46.3. The van der Waals surface area contributed by atoms with Crippen LogP contribution in [0.3, 0.4) is 0 Å². The van der Waals surface area contributed by atoms with E-state index < -0.39 is 23.6 Å². The number of aromatic amines is 1. The highest BCUT2D eigenvalue weighted by Gasteiger charge is 2.25. The fraction of sp³-hybridized carbons (Fsp3) is 0.319. The van der Waals surface area contributed by atoms with Crippen LogP contribution in [0.25, 0.3) is 44.1 Å². The molecule has 88 heavy (non-hydrogen) atoms. The molecule has 16 nitrogen and oxygen atoms in total. The molecule has 19 heteroatoms. The zero-order chi connectivity index (χ0) is 61.7. The first-order valence-electron chi connectivity index (χ1n) is 29.6. The third kappa shape index (κ3) is 18.0. The molecule has 1 fully saturated rings. The van der Waals surface area contributed by atoms with Gasteiger partial charge in [0, 0.05) is 69.0 Å². The van der Waals surface area contributed by atoms with Crippen LogP contribution in [0, 0.1) is 11.9 Å². The molecule has 1 aliphatic rings. The number of likely N-dealkylation sites (N-methyl/N-ethyl adjacent to an activating group) is 2. The van der Waals surface area contributed by atoms with Gasteiger partial charge in [0.15, 0.2) is 6.23 Å². The standard InChI is InChI=1S/C39H46FN5O5.C30H31FN4O2.ClH/c1-6-30(27-13-8-7-9-14-27)36(28-17-19-32-31(25-28)37(40)43-45(32)35-16-10-11-23-49-35)29-18-20-34(42-26-29)48-24-22-44(21-12-15-33(46)41-5)38(47)50-39(2,3)4;1-3-24(21-11-7-6-8-12-21)29(22-14-16-26-25(19-22)30(31)35-34-26)23-15-17-28(33-20-23)37-18-10-5-4-9-13-27(36)32-2;/h7-9,12-15,17-20,25-26,35H,6,10-11,16,21-24H2,1-5H3,(H,41,46);6-9,11-17,19-20H,3-5,10,18H2,1-2H3,(H,32,36)(H,34,35);1H/b15-12+,36-30-;13-9+,29-24-;. The van der Waals surface area contributed by atoms with Crippen LogP contribution in [0.1, 0.15) is 126 Å². The Kier molecular flexibility index (Phi) is 24.7. The van der Waals surface area contributed by atoms with E-state index in [9.17, 15) is 18.8 Å². The lowest BCUT2D eigenvalue weighted by Crippen LogP contribution is -2.39.